The fourth-order valence-electron chi connectivity index (χ4n) is 7.23. The van der Waals surface area contributed by atoms with Crippen molar-refractivity contribution >= 4 is 55.1 Å². The van der Waals surface area contributed by atoms with Crippen LogP contribution in [0.1, 0.15) is 17.3 Å². The van der Waals surface area contributed by atoms with E-state index in [4.69, 9.17) is 5.73 Å². The zero-order valence-corrected chi connectivity index (χ0v) is 20.9. The fraction of sp³-hybridized carbons (Fsp3) is 0.118. The maximum Gasteiger partial charge on any atom is 0.115 e. The predicted molar refractivity (Wildman–Crippen MR) is 158 cm³/mol. The molecule has 4 heteroatoms. The molecule has 6 aromatic rings. The maximum absolute atomic E-state index is 5.83. The summed E-state index contributed by atoms with van der Waals surface area (Å²) >= 11 is 0. The smallest absolute Gasteiger partial charge is 0.115 e. The van der Waals surface area contributed by atoms with Gasteiger partial charge in [-0.1, -0.05) is 78.9 Å². The van der Waals surface area contributed by atoms with Crippen molar-refractivity contribution < 1.29 is 0 Å². The van der Waals surface area contributed by atoms with Gasteiger partial charge in [0.1, 0.15) is 11.7 Å². The molecule has 3 aliphatic heterocycles. The standard InChI is InChI=1S/C34H26N4/c35-16-4-6-24-21-36-25-7-3-8-26(20-25)38-32-19-23(12-14-30(32)34-15-5-17-37(34)33(34)38)28-10-2-1-9-27(28)22-11-13-29(24)31(36)18-22/h1-15,18-21,33H,16-17,35H2/b6-4-. The van der Waals surface area contributed by atoms with E-state index >= 15 is 0 Å². The highest BCUT2D eigenvalue weighted by Gasteiger charge is 2.68. The highest BCUT2D eigenvalue weighted by Crippen LogP contribution is 2.66. The molecule has 4 nitrogen and oxygen atoms in total. The third kappa shape index (κ3) is 2.47. The Hall–Kier alpha value is -4.38. The monoisotopic (exact) mass is 490 g/mol. The second-order valence-electron chi connectivity index (χ2n) is 10.7. The summed E-state index contributed by atoms with van der Waals surface area (Å²) in [6.45, 7) is 1.53. The molecule has 0 saturated carbocycles. The van der Waals surface area contributed by atoms with Crippen LogP contribution in [0.4, 0.5) is 0 Å². The van der Waals surface area contributed by atoms with Gasteiger partial charge in [0.25, 0.3) is 0 Å². The van der Waals surface area contributed by atoms with Crippen molar-refractivity contribution in [2.45, 2.75) is 11.7 Å². The molecular formula is C34H26N4. The molecule has 3 aliphatic rings. The molecule has 1 fully saturated rings. The van der Waals surface area contributed by atoms with Crippen molar-refractivity contribution in [3.8, 4) is 0 Å². The molecule has 0 amide bonds. The molecule has 6 bridgehead atoms. The van der Waals surface area contributed by atoms with Crippen molar-refractivity contribution in [2.24, 2.45) is 5.73 Å². The minimum absolute atomic E-state index is 0.00561. The number of fused-ring (bicyclic) bond motifs is 11. The van der Waals surface area contributed by atoms with Gasteiger partial charge in [-0.05, 0) is 51.9 Å². The maximum atomic E-state index is 5.83. The third-order valence-electron chi connectivity index (χ3n) is 8.91. The minimum Gasteiger partial charge on any atom is -0.327 e. The Morgan fingerprint density at radius 2 is 1.61 bits per heavy atom. The first-order valence-corrected chi connectivity index (χ1v) is 13.4. The molecular weight excluding hydrogens is 464 g/mol. The fourth-order valence-corrected chi connectivity index (χ4v) is 7.23. The van der Waals surface area contributed by atoms with E-state index < -0.39 is 0 Å². The number of rotatable bonds is 2. The summed E-state index contributed by atoms with van der Waals surface area (Å²) in [5.41, 5.74) is 13.3. The predicted octanol–water partition coefficient (Wildman–Crippen LogP) is 7.04. The Morgan fingerprint density at radius 1 is 0.816 bits per heavy atom. The van der Waals surface area contributed by atoms with Gasteiger partial charge in [0, 0.05) is 52.3 Å². The topological polar surface area (TPSA) is 38.4 Å². The number of benzene rings is 4. The number of aromatic nitrogens is 2. The average Bonchev–Trinajstić information content (AvgIpc) is 3.30. The third-order valence-corrected chi connectivity index (χ3v) is 8.91. The van der Waals surface area contributed by atoms with Crippen molar-refractivity contribution in [1.82, 2.24) is 13.9 Å². The molecule has 9 rings (SSSR count). The van der Waals surface area contributed by atoms with Crippen LogP contribution in [0, 0.1) is 0 Å². The molecule has 38 heavy (non-hydrogen) atoms. The van der Waals surface area contributed by atoms with Gasteiger partial charge >= 0.3 is 0 Å². The lowest BCUT2D eigenvalue weighted by molar-refractivity contribution is 0.482. The number of hydrogen-bond acceptors (Lipinski definition) is 2. The van der Waals surface area contributed by atoms with Gasteiger partial charge in [0.15, 0.2) is 0 Å². The van der Waals surface area contributed by atoms with Crippen LogP contribution in [0.2, 0.25) is 0 Å². The van der Waals surface area contributed by atoms with Crippen LogP contribution in [0.25, 0.3) is 55.1 Å². The lowest BCUT2D eigenvalue weighted by Gasteiger charge is -2.12. The van der Waals surface area contributed by atoms with E-state index in [1.807, 2.05) is 6.08 Å². The second kappa shape index (κ2) is 7.13. The Morgan fingerprint density at radius 3 is 2.45 bits per heavy atom. The van der Waals surface area contributed by atoms with Crippen LogP contribution >= 0.6 is 0 Å². The molecule has 182 valence electrons. The number of nitrogens with zero attached hydrogens (tertiary/aromatic N) is 3. The van der Waals surface area contributed by atoms with Crippen LogP contribution in [0.15, 0.2) is 109 Å². The number of hydrogen-bond donors (Lipinski definition) is 1. The van der Waals surface area contributed by atoms with E-state index in [1.165, 1.54) is 60.1 Å². The van der Waals surface area contributed by atoms with Crippen molar-refractivity contribution in [2.75, 3.05) is 13.1 Å². The molecule has 0 radical (unpaired) electrons. The van der Waals surface area contributed by atoms with Crippen LogP contribution in [0.3, 0.4) is 0 Å². The first-order chi connectivity index (χ1) is 18.8. The average molecular weight is 491 g/mol. The molecule has 2 aromatic heterocycles. The van der Waals surface area contributed by atoms with E-state index in [9.17, 15) is 0 Å². The zero-order valence-electron chi connectivity index (χ0n) is 20.9. The van der Waals surface area contributed by atoms with Crippen LogP contribution in [-0.4, -0.2) is 27.0 Å². The van der Waals surface area contributed by atoms with Crippen LogP contribution in [-0.2, 0) is 5.54 Å². The Labute approximate surface area is 219 Å². The molecule has 0 aliphatic carbocycles. The largest absolute Gasteiger partial charge is 0.327 e. The highest BCUT2D eigenvalue weighted by molar-refractivity contribution is 6.08. The zero-order chi connectivity index (χ0) is 25.0. The normalized spacial score (nSPS) is 22.8. The van der Waals surface area contributed by atoms with Gasteiger partial charge in [-0.25, -0.2) is 0 Å². The van der Waals surface area contributed by atoms with Gasteiger partial charge in [0.2, 0.25) is 0 Å². The molecule has 4 aromatic carbocycles. The van der Waals surface area contributed by atoms with Gasteiger partial charge in [-0.3, -0.25) is 4.90 Å². The van der Waals surface area contributed by atoms with Crippen LogP contribution < -0.4 is 5.73 Å². The summed E-state index contributed by atoms with van der Waals surface area (Å²) in [6.07, 6.45) is 11.5. The molecule has 3 unspecified atom stereocenters. The molecule has 1 saturated heterocycles. The van der Waals surface area contributed by atoms with Gasteiger partial charge in [-0.15, -0.1) is 0 Å². The summed E-state index contributed by atoms with van der Waals surface area (Å²) in [6, 6.07) is 31.8. The van der Waals surface area contributed by atoms with Crippen LogP contribution in [0.5, 0.6) is 0 Å². The Bertz CT molecular complexity index is 2120. The van der Waals surface area contributed by atoms with Gasteiger partial charge in [0.05, 0.1) is 5.52 Å². The molecule has 2 N–H and O–H groups in total. The van der Waals surface area contributed by atoms with Gasteiger partial charge in [-0.2, -0.15) is 0 Å². The first kappa shape index (κ1) is 20.7. The molecule has 5 heterocycles. The lowest BCUT2D eigenvalue weighted by Crippen LogP contribution is -2.09. The van der Waals surface area contributed by atoms with Crippen molar-refractivity contribution in [3.63, 3.8) is 0 Å². The molecule has 3 atom stereocenters. The summed E-state index contributed by atoms with van der Waals surface area (Å²) in [4.78, 5) is 2.60. The Balaban J connectivity index is 1.54. The SMILES string of the molecule is NC/C=C\c1cn2c3cccc(c3)n3c4cc(ccc4C45C=CCN4C35)c3ccccc3c3ccc1c2c3. The second-order valence-corrected chi connectivity index (χ2v) is 10.7. The highest BCUT2D eigenvalue weighted by atomic mass is 15.5. The lowest BCUT2D eigenvalue weighted by atomic mass is 9.97. The quantitative estimate of drug-likeness (QED) is 0.209. The molecule has 1 spiro atoms. The van der Waals surface area contributed by atoms with Crippen molar-refractivity contribution in [1.29, 1.82) is 0 Å². The summed E-state index contributed by atoms with van der Waals surface area (Å²) in [5.74, 6) is 0. The van der Waals surface area contributed by atoms with E-state index in [0.717, 1.165) is 6.54 Å². The summed E-state index contributed by atoms with van der Waals surface area (Å²) in [7, 11) is 0. The summed E-state index contributed by atoms with van der Waals surface area (Å²) < 4.78 is 4.91. The minimum atomic E-state index is 0.00561. The van der Waals surface area contributed by atoms with E-state index in [-0.39, 0.29) is 5.54 Å². The first-order valence-electron chi connectivity index (χ1n) is 13.4. The van der Waals surface area contributed by atoms with E-state index in [1.54, 1.807) is 0 Å². The Kier molecular flexibility index (Phi) is 3.88. The summed E-state index contributed by atoms with van der Waals surface area (Å²) in [5, 5.41) is 6.22. The van der Waals surface area contributed by atoms with E-state index in [0.29, 0.717) is 12.7 Å². The van der Waals surface area contributed by atoms with Gasteiger partial charge < -0.3 is 14.7 Å². The van der Waals surface area contributed by atoms with E-state index in [2.05, 4.69) is 123 Å². The number of nitrogens with two attached hydrogens (primary N) is 1. The van der Waals surface area contributed by atoms with Crippen molar-refractivity contribution in [3.05, 3.63) is 120 Å².